The van der Waals surface area contributed by atoms with E-state index in [-0.39, 0.29) is 17.9 Å². The molecule has 2 aromatic carbocycles. The Balaban J connectivity index is 2.27. The zero-order valence-electron chi connectivity index (χ0n) is 11.6. The van der Waals surface area contributed by atoms with Gasteiger partial charge in [-0.05, 0) is 41.8 Å². The minimum absolute atomic E-state index is 0.0520. The molecule has 0 spiro atoms. The van der Waals surface area contributed by atoms with E-state index in [0.29, 0.717) is 5.75 Å². The van der Waals surface area contributed by atoms with E-state index >= 15 is 0 Å². The van der Waals surface area contributed by atoms with Crippen molar-refractivity contribution in [3.8, 4) is 11.5 Å². The Morgan fingerprint density at radius 3 is 2.14 bits per heavy atom. The Bertz CT molecular complexity index is 606. The molecule has 0 atom stereocenters. The van der Waals surface area contributed by atoms with Gasteiger partial charge in [-0.25, -0.2) is 0 Å². The number of alkyl halides is 3. The Morgan fingerprint density at radius 2 is 1.62 bits per heavy atom. The summed E-state index contributed by atoms with van der Waals surface area (Å²) in [6.07, 6.45) is -3.55. The SMILES string of the molecule is CCc1ccc(Oc2ccc(CN)c(C(F)(F)F)c2)cc1. The van der Waals surface area contributed by atoms with Crippen molar-refractivity contribution in [2.45, 2.75) is 26.1 Å². The maximum Gasteiger partial charge on any atom is 0.416 e. The van der Waals surface area contributed by atoms with Crippen molar-refractivity contribution in [3.63, 3.8) is 0 Å². The lowest BCUT2D eigenvalue weighted by Crippen LogP contribution is -2.11. The number of rotatable bonds is 4. The summed E-state index contributed by atoms with van der Waals surface area (Å²) >= 11 is 0. The van der Waals surface area contributed by atoms with Gasteiger partial charge in [-0.15, -0.1) is 0 Å². The van der Waals surface area contributed by atoms with E-state index < -0.39 is 11.7 Å². The molecule has 0 aliphatic carbocycles. The summed E-state index contributed by atoms with van der Waals surface area (Å²) in [4.78, 5) is 0. The molecule has 21 heavy (non-hydrogen) atoms. The van der Waals surface area contributed by atoms with Crippen LogP contribution in [0.1, 0.15) is 23.6 Å². The number of hydrogen-bond donors (Lipinski definition) is 1. The molecule has 2 nitrogen and oxygen atoms in total. The van der Waals surface area contributed by atoms with Crippen molar-refractivity contribution in [3.05, 3.63) is 59.2 Å². The molecule has 0 saturated carbocycles. The van der Waals surface area contributed by atoms with Crippen molar-refractivity contribution >= 4 is 0 Å². The van der Waals surface area contributed by atoms with Crippen LogP contribution in [-0.4, -0.2) is 0 Å². The molecule has 0 aliphatic rings. The Morgan fingerprint density at radius 1 is 1.00 bits per heavy atom. The van der Waals surface area contributed by atoms with Gasteiger partial charge >= 0.3 is 6.18 Å². The fraction of sp³-hybridized carbons (Fsp3) is 0.250. The first-order valence-corrected chi connectivity index (χ1v) is 6.61. The topological polar surface area (TPSA) is 35.2 Å². The predicted molar refractivity (Wildman–Crippen MR) is 75.2 cm³/mol. The molecule has 2 rings (SSSR count). The van der Waals surface area contributed by atoms with E-state index in [0.717, 1.165) is 18.1 Å². The lowest BCUT2D eigenvalue weighted by Gasteiger charge is -2.14. The van der Waals surface area contributed by atoms with Gasteiger partial charge in [0.1, 0.15) is 11.5 Å². The second-order valence-corrected chi connectivity index (χ2v) is 4.62. The van der Waals surface area contributed by atoms with Crippen LogP contribution in [-0.2, 0) is 19.1 Å². The normalized spacial score (nSPS) is 11.5. The predicted octanol–water partition coefficient (Wildman–Crippen LogP) is 4.52. The van der Waals surface area contributed by atoms with Crippen LogP contribution in [0.4, 0.5) is 13.2 Å². The number of halogens is 3. The first-order valence-electron chi connectivity index (χ1n) is 6.61. The summed E-state index contributed by atoms with van der Waals surface area (Å²) < 4.78 is 44.3. The zero-order chi connectivity index (χ0) is 15.5. The van der Waals surface area contributed by atoms with E-state index in [2.05, 4.69) is 0 Å². The molecule has 0 aromatic heterocycles. The summed E-state index contributed by atoms with van der Waals surface area (Å²) in [7, 11) is 0. The maximum absolute atomic E-state index is 12.9. The molecule has 0 bridgehead atoms. The van der Waals surface area contributed by atoms with Crippen molar-refractivity contribution in [1.82, 2.24) is 0 Å². The lowest BCUT2D eigenvalue weighted by atomic mass is 10.1. The van der Waals surface area contributed by atoms with Crippen LogP contribution in [0.15, 0.2) is 42.5 Å². The van der Waals surface area contributed by atoms with Crippen LogP contribution >= 0.6 is 0 Å². The largest absolute Gasteiger partial charge is 0.457 e. The number of ether oxygens (including phenoxy) is 1. The summed E-state index contributed by atoms with van der Waals surface area (Å²) in [5.74, 6) is 0.643. The minimum atomic E-state index is -4.44. The van der Waals surface area contributed by atoms with Crippen LogP contribution in [0.2, 0.25) is 0 Å². The number of hydrogen-bond acceptors (Lipinski definition) is 2. The van der Waals surface area contributed by atoms with Gasteiger partial charge in [-0.2, -0.15) is 13.2 Å². The third kappa shape index (κ3) is 3.76. The standard InChI is InChI=1S/C16H16F3NO/c1-2-11-3-6-13(7-4-11)21-14-8-5-12(10-20)15(9-14)16(17,18)19/h3-9H,2,10,20H2,1H3. The Hall–Kier alpha value is -2.01. The smallest absolute Gasteiger partial charge is 0.416 e. The molecule has 2 aromatic rings. The summed E-state index contributed by atoms with van der Waals surface area (Å²) in [5.41, 5.74) is 5.77. The highest BCUT2D eigenvalue weighted by Crippen LogP contribution is 2.35. The summed E-state index contributed by atoms with van der Waals surface area (Å²) in [5, 5.41) is 0. The summed E-state index contributed by atoms with van der Waals surface area (Å²) in [6.45, 7) is 1.86. The average molecular weight is 295 g/mol. The van der Waals surface area contributed by atoms with Gasteiger partial charge in [0.25, 0.3) is 0 Å². The molecule has 0 saturated heterocycles. The highest BCUT2D eigenvalue weighted by Gasteiger charge is 2.33. The second-order valence-electron chi connectivity index (χ2n) is 4.62. The molecular formula is C16H16F3NO. The maximum atomic E-state index is 12.9. The number of aryl methyl sites for hydroxylation is 1. The molecule has 0 amide bonds. The highest BCUT2D eigenvalue weighted by atomic mass is 19.4. The van der Waals surface area contributed by atoms with E-state index in [1.54, 1.807) is 12.1 Å². The van der Waals surface area contributed by atoms with Crippen molar-refractivity contribution < 1.29 is 17.9 Å². The zero-order valence-corrected chi connectivity index (χ0v) is 11.6. The van der Waals surface area contributed by atoms with Gasteiger partial charge in [-0.3, -0.25) is 0 Å². The van der Waals surface area contributed by atoms with E-state index in [9.17, 15) is 13.2 Å². The third-order valence-electron chi connectivity index (χ3n) is 3.17. The van der Waals surface area contributed by atoms with Crippen LogP contribution in [0.25, 0.3) is 0 Å². The lowest BCUT2D eigenvalue weighted by molar-refractivity contribution is -0.138. The van der Waals surface area contributed by atoms with Gasteiger partial charge < -0.3 is 10.5 Å². The van der Waals surface area contributed by atoms with Crippen LogP contribution in [0.3, 0.4) is 0 Å². The van der Waals surface area contributed by atoms with Crippen LogP contribution in [0, 0.1) is 0 Å². The quantitative estimate of drug-likeness (QED) is 0.900. The van der Waals surface area contributed by atoms with Gasteiger partial charge in [0, 0.05) is 6.54 Å². The Labute approximate surface area is 121 Å². The number of nitrogens with two attached hydrogens (primary N) is 1. The number of benzene rings is 2. The molecule has 0 aliphatic heterocycles. The fourth-order valence-corrected chi connectivity index (χ4v) is 1.99. The molecule has 0 radical (unpaired) electrons. The molecule has 2 N–H and O–H groups in total. The molecule has 0 unspecified atom stereocenters. The van der Waals surface area contributed by atoms with Crippen LogP contribution in [0.5, 0.6) is 11.5 Å². The van der Waals surface area contributed by atoms with Crippen LogP contribution < -0.4 is 10.5 Å². The second kappa shape index (κ2) is 6.18. The molecule has 5 heteroatoms. The Kier molecular flexibility index (Phi) is 4.53. The average Bonchev–Trinajstić information content (AvgIpc) is 2.47. The van der Waals surface area contributed by atoms with Crippen molar-refractivity contribution in [1.29, 1.82) is 0 Å². The van der Waals surface area contributed by atoms with E-state index in [1.807, 2.05) is 19.1 Å². The van der Waals surface area contributed by atoms with Gasteiger partial charge in [0.15, 0.2) is 0 Å². The highest BCUT2D eigenvalue weighted by molar-refractivity contribution is 5.40. The third-order valence-corrected chi connectivity index (χ3v) is 3.17. The van der Waals surface area contributed by atoms with E-state index in [1.165, 1.54) is 12.1 Å². The first-order chi connectivity index (χ1) is 9.94. The molecule has 0 heterocycles. The van der Waals surface area contributed by atoms with Crippen molar-refractivity contribution in [2.24, 2.45) is 5.73 Å². The van der Waals surface area contributed by atoms with Gasteiger partial charge in [-0.1, -0.05) is 25.1 Å². The van der Waals surface area contributed by atoms with Gasteiger partial charge in [0.2, 0.25) is 0 Å². The minimum Gasteiger partial charge on any atom is -0.457 e. The summed E-state index contributed by atoms with van der Waals surface area (Å²) in [6, 6.07) is 11.1. The van der Waals surface area contributed by atoms with Crippen molar-refractivity contribution in [2.75, 3.05) is 0 Å². The first kappa shape index (κ1) is 15.4. The monoisotopic (exact) mass is 295 g/mol. The molecule has 0 fully saturated rings. The molecular weight excluding hydrogens is 279 g/mol. The van der Waals surface area contributed by atoms with E-state index in [4.69, 9.17) is 10.5 Å². The van der Waals surface area contributed by atoms with Gasteiger partial charge in [0.05, 0.1) is 5.56 Å². The molecule has 112 valence electrons. The fourth-order valence-electron chi connectivity index (χ4n) is 1.99.